The van der Waals surface area contributed by atoms with Gasteiger partial charge in [0, 0.05) is 28.0 Å². The Labute approximate surface area is 143 Å². The van der Waals surface area contributed by atoms with Crippen molar-refractivity contribution in [2.45, 2.75) is 6.92 Å². The van der Waals surface area contributed by atoms with Gasteiger partial charge in [0.2, 0.25) is 5.91 Å². The Morgan fingerprint density at radius 3 is 2.43 bits per heavy atom. The minimum atomic E-state index is -0.143. The predicted molar refractivity (Wildman–Crippen MR) is 95.7 cm³/mol. The molecule has 0 aliphatic carbocycles. The van der Waals surface area contributed by atoms with Crippen LogP contribution >= 0.6 is 15.9 Å². The number of nitrogens with one attached hydrogen (secondary N) is 3. The van der Waals surface area contributed by atoms with Gasteiger partial charge < -0.3 is 16.0 Å². The number of carbonyl (C=O) groups excluding carboxylic acids is 2. The molecule has 2 aromatic carbocycles. The van der Waals surface area contributed by atoms with Gasteiger partial charge >= 0.3 is 0 Å². The van der Waals surface area contributed by atoms with E-state index in [4.69, 9.17) is 0 Å². The van der Waals surface area contributed by atoms with Gasteiger partial charge in [0.05, 0.1) is 6.54 Å². The van der Waals surface area contributed by atoms with Crippen LogP contribution in [0.5, 0.6) is 0 Å². The van der Waals surface area contributed by atoms with E-state index >= 15 is 0 Å². The number of hydrogen-bond donors (Lipinski definition) is 3. The molecular weight excluding hydrogens is 358 g/mol. The van der Waals surface area contributed by atoms with Crippen molar-refractivity contribution in [1.29, 1.82) is 0 Å². The van der Waals surface area contributed by atoms with E-state index in [1.54, 1.807) is 24.3 Å². The first-order valence-corrected chi connectivity index (χ1v) is 8.05. The summed E-state index contributed by atoms with van der Waals surface area (Å²) < 4.78 is 0.907. The quantitative estimate of drug-likeness (QED) is 0.725. The lowest BCUT2D eigenvalue weighted by Crippen LogP contribution is -2.23. The summed E-state index contributed by atoms with van der Waals surface area (Å²) in [6, 6.07) is 14.4. The summed E-state index contributed by atoms with van der Waals surface area (Å²) in [6.45, 7) is 2.61. The van der Waals surface area contributed by atoms with E-state index in [2.05, 4.69) is 31.9 Å². The second kappa shape index (κ2) is 8.33. The van der Waals surface area contributed by atoms with Crippen molar-refractivity contribution < 1.29 is 9.59 Å². The summed E-state index contributed by atoms with van der Waals surface area (Å²) in [5, 5.41) is 8.56. The van der Waals surface area contributed by atoms with E-state index < -0.39 is 0 Å². The lowest BCUT2D eigenvalue weighted by atomic mass is 10.2. The largest absolute Gasteiger partial charge is 0.376 e. The zero-order valence-electron chi connectivity index (χ0n) is 12.7. The molecule has 0 unspecified atom stereocenters. The second-order valence-electron chi connectivity index (χ2n) is 4.85. The molecule has 3 N–H and O–H groups in total. The molecule has 0 atom stereocenters. The van der Waals surface area contributed by atoms with Crippen LogP contribution in [-0.2, 0) is 4.79 Å². The minimum absolute atomic E-state index is 0.105. The van der Waals surface area contributed by atoms with E-state index in [0.29, 0.717) is 12.1 Å². The molecule has 6 heteroatoms. The van der Waals surface area contributed by atoms with Crippen molar-refractivity contribution in [3.05, 3.63) is 58.6 Å². The van der Waals surface area contributed by atoms with Crippen LogP contribution in [0.3, 0.4) is 0 Å². The van der Waals surface area contributed by atoms with Gasteiger partial charge in [-0.15, -0.1) is 0 Å². The fourth-order valence-corrected chi connectivity index (χ4v) is 2.36. The summed E-state index contributed by atoms with van der Waals surface area (Å²) in [5.74, 6) is -0.248. The summed E-state index contributed by atoms with van der Waals surface area (Å²) in [6.07, 6.45) is 0. The molecule has 0 saturated heterocycles. The van der Waals surface area contributed by atoms with Gasteiger partial charge in [-0.25, -0.2) is 0 Å². The maximum absolute atomic E-state index is 11.9. The van der Waals surface area contributed by atoms with E-state index in [0.717, 1.165) is 15.8 Å². The number of halogens is 1. The first-order chi connectivity index (χ1) is 11.1. The molecule has 0 heterocycles. The molecule has 120 valence electrons. The number of hydrogen-bond acceptors (Lipinski definition) is 3. The summed E-state index contributed by atoms with van der Waals surface area (Å²) >= 11 is 3.36. The third-order valence-corrected chi connectivity index (χ3v) is 3.54. The van der Waals surface area contributed by atoms with Crippen LogP contribution in [-0.4, -0.2) is 24.9 Å². The molecule has 0 aliphatic rings. The number of anilines is 2. The highest BCUT2D eigenvalue weighted by atomic mass is 79.9. The summed E-state index contributed by atoms with van der Waals surface area (Å²) in [4.78, 5) is 23.6. The molecule has 0 bridgehead atoms. The second-order valence-corrected chi connectivity index (χ2v) is 5.76. The van der Waals surface area contributed by atoms with Gasteiger partial charge in [0.1, 0.15) is 0 Å². The smallest absolute Gasteiger partial charge is 0.251 e. The molecule has 0 radical (unpaired) electrons. The number of rotatable bonds is 6. The van der Waals surface area contributed by atoms with Crippen LogP contribution < -0.4 is 16.0 Å². The molecule has 0 fully saturated rings. The lowest BCUT2D eigenvalue weighted by Gasteiger charge is -2.09. The molecule has 0 spiro atoms. The molecule has 23 heavy (non-hydrogen) atoms. The Morgan fingerprint density at radius 1 is 1.04 bits per heavy atom. The van der Waals surface area contributed by atoms with Gasteiger partial charge in [0.15, 0.2) is 0 Å². The standard InChI is InChI=1S/C17H18BrN3O2/c1-2-19-17(23)12-6-8-14(9-7-12)20-11-16(22)21-15-5-3-4-13(18)10-15/h3-10,20H,2,11H2,1H3,(H,19,23)(H,21,22). The van der Waals surface area contributed by atoms with E-state index in [1.807, 2.05) is 31.2 Å². The van der Waals surface area contributed by atoms with E-state index in [9.17, 15) is 9.59 Å². The van der Waals surface area contributed by atoms with Crippen LogP contribution in [0.1, 0.15) is 17.3 Å². The summed E-state index contributed by atoms with van der Waals surface area (Å²) in [5.41, 5.74) is 2.11. The zero-order valence-corrected chi connectivity index (χ0v) is 14.3. The van der Waals surface area contributed by atoms with E-state index in [1.165, 1.54) is 0 Å². The van der Waals surface area contributed by atoms with Crippen molar-refractivity contribution in [3.63, 3.8) is 0 Å². The third kappa shape index (κ3) is 5.41. The fraction of sp³-hybridized carbons (Fsp3) is 0.176. The number of benzene rings is 2. The van der Waals surface area contributed by atoms with Crippen LogP contribution in [0.25, 0.3) is 0 Å². The molecule has 2 aromatic rings. The molecule has 2 amide bonds. The van der Waals surface area contributed by atoms with Crippen LogP contribution in [0, 0.1) is 0 Å². The third-order valence-electron chi connectivity index (χ3n) is 3.05. The van der Waals surface area contributed by atoms with Crippen LogP contribution in [0.15, 0.2) is 53.0 Å². The number of carbonyl (C=O) groups is 2. The molecule has 0 aromatic heterocycles. The predicted octanol–water partition coefficient (Wildman–Crippen LogP) is 3.25. The maximum atomic E-state index is 11.9. The topological polar surface area (TPSA) is 70.2 Å². The number of amides is 2. The monoisotopic (exact) mass is 375 g/mol. The molecule has 0 saturated carbocycles. The summed E-state index contributed by atoms with van der Waals surface area (Å²) in [7, 11) is 0. The highest BCUT2D eigenvalue weighted by molar-refractivity contribution is 9.10. The SMILES string of the molecule is CCNC(=O)c1ccc(NCC(=O)Nc2cccc(Br)c2)cc1. The molecule has 5 nitrogen and oxygen atoms in total. The molecule has 0 aliphatic heterocycles. The Hall–Kier alpha value is -2.34. The van der Waals surface area contributed by atoms with Gasteiger partial charge in [-0.05, 0) is 49.4 Å². The average Bonchev–Trinajstić information content (AvgIpc) is 2.54. The van der Waals surface area contributed by atoms with Gasteiger partial charge in [0.25, 0.3) is 5.91 Å². The molecular formula is C17H18BrN3O2. The van der Waals surface area contributed by atoms with E-state index in [-0.39, 0.29) is 18.4 Å². The maximum Gasteiger partial charge on any atom is 0.251 e. The molecule has 2 rings (SSSR count). The van der Waals surface area contributed by atoms with Crippen molar-refractivity contribution in [1.82, 2.24) is 5.32 Å². The van der Waals surface area contributed by atoms with Crippen molar-refractivity contribution in [2.75, 3.05) is 23.7 Å². The van der Waals surface area contributed by atoms with Crippen molar-refractivity contribution >= 4 is 39.1 Å². The Morgan fingerprint density at radius 2 is 1.78 bits per heavy atom. The van der Waals surface area contributed by atoms with Crippen molar-refractivity contribution in [3.8, 4) is 0 Å². The minimum Gasteiger partial charge on any atom is -0.376 e. The normalized spacial score (nSPS) is 10.0. The Kier molecular flexibility index (Phi) is 6.17. The van der Waals surface area contributed by atoms with Gasteiger partial charge in [-0.1, -0.05) is 22.0 Å². The Balaban J connectivity index is 1.85. The average molecular weight is 376 g/mol. The first kappa shape index (κ1) is 17.0. The van der Waals surface area contributed by atoms with Crippen LogP contribution in [0.2, 0.25) is 0 Å². The fourth-order valence-electron chi connectivity index (χ4n) is 1.96. The highest BCUT2D eigenvalue weighted by Gasteiger charge is 2.05. The highest BCUT2D eigenvalue weighted by Crippen LogP contribution is 2.15. The lowest BCUT2D eigenvalue weighted by molar-refractivity contribution is -0.114. The van der Waals surface area contributed by atoms with Gasteiger partial charge in [-0.3, -0.25) is 9.59 Å². The zero-order chi connectivity index (χ0) is 16.7. The van der Waals surface area contributed by atoms with Crippen LogP contribution in [0.4, 0.5) is 11.4 Å². The first-order valence-electron chi connectivity index (χ1n) is 7.26. The Bertz CT molecular complexity index is 686. The van der Waals surface area contributed by atoms with Gasteiger partial charge in [-0.2, -0.15) is 0 Å². The van der Waals surface area contributed by atoms with Crippen molar-refractivity contribution in [2.24, 2.45) is 0 Å².